The molecule has 1 aromatic carbocycles. The van der Waals surface area contributed by atoms with Gasteiger partial charge >= 0.3 is 5.97 Å². The van der Waals surface area contributed by atoms with E-state index in [-0.39, 0.29) is 25.0 Å². The molecule has 104 valence electrons. The van der Waals surface area contributed by atoms with Crippen LogP contribution in [0.15, 0.2) is 40.5 Å². The molecule has 0 bridgehead atoms. The Kier molecular flexibility index (Phi) is 4.43. The van der Waals surface area contributed by atoms with E-state index in [1.807, 2.05) is 30.3 Å². The average molecular weight is 274 g/mol. The molecule has 1 aromatic rings. The van der Waals surface area contributed by atoms with Crippen LogP contribution in [0.25, 0.3) is 0 Å². The van der Waals surface area contributed by atoms with Crippen LogP contribution in [-0.4, -0.2) is 49.1 Å². The lowest BCUT2D eigenvalue weighted by atomic mass is 10.2. The molecular formula is C13H14N4O3. The molecule has 0 saturated carbocycles. The molecule has 7 nitrogen and oxygen atoms in total. The molecule has 1 amide bonds. The van der Waals surface area contributed by atoms with Crippen LogP contribution in [0.1, 0.15) is 5.56 Å². The number of nitrogens with one attached hydrogen (secondary N) is 1. The summed E-state index contributed by atoms with van der Waals surface area (Å²) < 4.78 is 4.56. The molecule has 0 aliphatic carbocycles. The first-order valence-corrected chi connectivity index (χ1v) is 5.96. The third kappa shape index (κ3) is 3.64. The number of amides is 1. The van der Waals surface area contributed by atoms with E-state index < -0.39 is 5.97 Å². The third-order valence-electron chi connectivity index (χ3n) is 2.59. The van der Waals surface area contributed by atoms with Gasteiger partial charge in [0.25, 0.3) is 0 Å². The number of carbonyl (C=O) groups excluding carboxylic acids is 2. The molecule has 1 aliphatic rings. The van der Waals surface area contributed by atoms with Gasteiger partial charge in [0.05, 0.1) is 13.3 Å². The third-order valence-corrected chi connectivity index (χ3v) is 2.59. The quantitative estimate of drug-likeness (QED) is 0.475. The summed E-state index contributed by atoms with van der Waals surface area (Å²) in [6.45, 7) is 0.0176. The first kappa shape index (κ1) is 13.7. The van der Waals surface area contributed by atoms with E-state index in [0.29, 0.717) is 0 Å². The minimum atomic E-state index is -0.443. The maximum Gasteiger partial charge on any atom is 0.325 e. The molecule has 7 heteroatoms. The van der Waals surface area contributed by atoms with Gasteiger partial charge in [0.2, 0.25) is 11.9 Å². The number of hydrogen-bond acceptors (Lipinski definition) is 5. The van der Waals surface area contributed by atoms with Crippen molar-refractivity contribution in [1.29, 1.82) is 0 Å². The van der Waals surface area contributed by atoms with Crippen molar-refractivity contribution in [2.75, 3.05) is 20.2 Å². The molecule has 1 aliphatic heterocycles. The van der Waals surface area contributed by atoms with Crippen molar-refractivity contribution >= 4 is 24.1 Å². The fourth-order valence-corrected chi connectivity index (χ4v) is 1.62. The van der Waals surface area contributed by atoms with Crippen LogP contribution in [0.5, 0.6) is 0 Å². The highest BCUT2D eigenvalue weighted by molar-refractivity contribution is 6.05. The molecule has 0 spiro atoms. The maximum atomic E-state index is 11.3. The summed E-state index contributed by atoms with van der Waals surface area (Å²) in [5, 5.41) is 10.3. The van der Waals surface area contributed by atoms with Crippen molar-refractivity contribution in [3.63, 3.8) is 0 Å². The van der Waals surface area contributed by atoms with E-state index >= 15 is 0 Å². The number of hydrogen-bond donors (Lipinski definition) is 1. The van der Waals surface area contributed by atoms with Gasteiger partial charge in [-0.25, -0.2) is 0 Å². The van der Waals surface area contributed by atoms with E-state index in [2.05, 4.69) is 20.3 Å². The predicted octanol–water partition coefficient (Wildman–Crippen LogP) is -0.0187. The molecular weight excluding hydrogens is 260 g/mol. The van der Waals surface area contributed by atoms with Crippen LogP contribution in [-0.2, 0) is 14.3 Å². The minimum absolute atomic E-state index is 0.0467. The molecule has 1 N–H and O–H groups in total. The van der Waals surface area contributed by atoms with Crippen LogP contribution in [0.4, 0.5) is 0 Å². The minimum Gasteiger partial charge on any atom is -0.468 e. The van der Waals surface area contributed by atoms with Crippen molar-refractivity contribution in [2.45, 2.75) is 0 Å². The Morgan fingerprint density at radius 2 is 2.20 bits per heavy atom. The highest BCUT2D eigenvalue weighted by Gasteiger charge is 2.27. The Morgan fingerprint density at radius 1 is 1.45 bits per heavy atom. The van der Waals surface area contributed by atoms with E-state index in [4.69, 9.17) is 0 Å². The summed E-state index contributed by atoms with van der Waals surface area (Å²) >= 11 is 0. The lowest BCUT2D eigenvalue weighted by Crippen LogP contribution is -2.34. The van der Waals surface area contributed by atoms with Crippen LogP contribution in [0.3, 0.4) is 0 Å². The van der Waals surface area contributed by atoms with Crippen LogP contribution >= 0.6 is 0 Å². The van der Waals surface area contributed by atoms with Gasteiger partial charge in [-0.3, -0.25) is 14.9 Å². The van der Waals surface area contributed by atoms with Gasteiger partial charge in [-0.15, -0.1) is 5.10 Å². The molecule has 0 radical (unpaired) electrons. The van der Waals surface area contributed by atoms with Gasteiger partial charge in [0.1, 0.15) is 13.1 Å². The largest absolute Gasteiger partial charge is 0.468 e. The van der Waals surface area contributed by atoms with Gasteiger partial charge in [0.15, 0.2) is 0 Å². The first-order chi connectivity index (χ1) is 9.69. The number of nitrogens with zero attached hydrogens (tertiary/aromatic N) is 3. The van der Waals surface area contributed by atoms with Gasteiger partial charge < -0.3 is 9.64 Å². The highest BCUT2D eigenvalue weighted by atomic mass is 16.5. The van der Waals surface area contributed by atoms with Gasteiger partial charge in [0, 0.05) is 0 Å². The molecule has 1 saturated heterocycles. The molecule has 1 heterocycles. The predicted molar refractivity (Wildman–Crippen MR) is 73.2 cm³/mol. The fourth-order valence-electron chi connectivity index (χ4n) is 1.62. The zero-order valence-corrected chi connectivity index (χ0v) is 10.9. The summed E-state index contributed by atoms with van der Waals surface area (Å²) in [7, 11) is 1.29. The number of ether oxygens (including phenoxy) is 1. The van der Waals surface area contributed by atoms with Gasteiger partial charge in [-0.1, -0.05) is 30.3 Å². The number of benzene rings is 1. The van der Waals surface area contributed by atoms with Crippen molar-refractivity contribution < 1.29 is 14.3 Å². The number of methoxy groups -OCH3 is 1. The van der Waals surface area contributed by atoms with E-state index in [1.165, 1.54) is 12.0 Å². The Hall–Kier alpha value is -2.70. The SMILES string of the molecule is COC(=O)CN1CC(=O)N/C1=N\N=C\c1ccccc1. The topological polar surface area (TPSA) is 83.4 Å². The Bertz CT molecular complexity index is 554. The van der Waals surface area contributed by atoms with Crippen LogP contribution in [0, 0.1) is 0 Å². The second-order valence-corrected chi connectivity index (χ2v) is 4.06. The van der Waals surface area contributed by atoms with Crippen LogP contribution < -0.4 is 5.32 Å². The monoisotopic (exact) mass is 274 g/mol. The van der Waals surface area contributed by atoms with E-state index in [1.54, 1.807) is 6.21 Å². The average Bonchev–Trinajstić information content (AvgIpc) is 2.80. The van der Waals surface area contributed by atoms with Crippen molar-refractivity contribution in [3.8, 4) is 0 Å². The fraction of sp³-hybridized carbons (Fsp3) is 0.231. The van der Waals surface area contributed by atoms with Gasteiger partial charge in [-0.05, 0) is 5.56 Å². The second-order valence-electron chi connectivity index (χ2n) is 4.06. The van der Waals surface area contributed by atoms with Crippen molar-refractivity contribution in [3.05, 3.63) is 35.9 Å². The Balaban J connectivity index is 2.05. The lowest BCUT2D eigenvalue weighted by molar-refractivity contribution is -0.140. The van der Waals surface area contributed by atoms with Gasteiger partial charge in [-0.2, -0.15) is 5.10 Å². The van der Waals surface area contributed by atoms with E-state index in [9.17, 15) is 9.59 Å². The maximum absolute atomic E-state index is 11.3. The molecule has 0 unspecified atom stereocenters. The van der Waals surface area contributed by atoms with E-state index in [0.717, 1.165) is 5.56 Å². The summed E-state index contributed by atoms with van der Waals surface area (Å²) in [6.07, 6.45) is 1.56. The smallest absolute Gasteiger partial charge is 0.325 e. The number of rotatable bonds is 4. The standard InChI is InChI=1S/C13H14N4O3/c1-20-12(19)9-17-8-11(18)15-13(17)16-14-7-10-5-3-2-4-6-10/h2-7H,8-9H2,1H3,(H,15,16,18)/b14-7+. The van der Waals surface area contributed by atoms with Crippen molar-refractivity contribution in [2.24, 2.45) is 10.2 Å². The molecule has 1 fully saturated rings. The second kappa shape index (κ2) is 6.46. The zero-order chi connectivity index (χ0) is 14.4. The normalized spacial score (nSPS) is 16.8. The molecule has 20 heavy (non-hydrogen) atoms. The summed E-state index contributed by atoms with van der Waals surface area (Å²) in [5.41, 5.74) is 0.890. The first-order valence-electron chi connectivity index (χ1n) is 5.96. The number of esters is 1. The Labute approximate surface area is 115 Å². The summed E-state index contributed by atoms with van der Waals surface area (Å²) in [6, 6.07) is 9.43. The summed E-state index contributed by atoms with van der Waals surface area (Å²) in [5.74, 6) is -0.434. The lowest BCUT2D eigenvalue weighted by Gasteiger charge is -2.13. The van der Waals surface area contributed by atoms with Crippen molar-refractivity contribution in [1.82, 2.24) is 10.2 Å². The highest BCUT2D eigenvalue weighted by Crippen LogP contribution is 2.00. The molecule has 2 rings (SSSR count). The number of guanidine groups is 1. The zero-order valence-electron chi connectivity index (χ0n) is 10.9. The number of carbonyl (C=O) groups is 2. The molecule has 0 aromatic heterocycles. The van der Waals surface area contributed by atoms with Crippen LogP contribution in [0.2, 0.25) is 0 Å². The molecule has 0 atom stereocenters. The Morgan fingerprint density at radius 3 is 2.90 bits per heavy atom. The summed E-state index contributed by atoms with van der Waals surface area (Å²) in [4.78, 5) is 24.0.